The Bertz CT molecular complexity index is 266. The van der Waals surface area contributed by atoms with Crippen LogP contribution in [0, 0.1) is 0 Å². The van der Waals surface area contributed by atoms with Gasteiger partial charge in [-0.05, 0) is 19.3 Å². The van der Waals surface area contributed by atoms with Crippen LogP contribution < -0.4 is 5.73 Å². The molecule has 72 valence electrons. The van der Waals surface area contributed by atoms with Crippen LogP contribution in [0.5, 0.6) is 0 Å². The number of nitrogens with zero attached hydrogens (tertiary/aromatic N) is 1. The summed E-state index contributed by atoms with van der Waals surface area (Å²) in [4.78, 5) is 7.42. The van der Waals surface area contributed by atoms with Crippen molar-refractivity contribution in [1.29, 1.82) is 0 Å². The van der Waals surface area contributed by atoms with E-state index in [2.05, 4.69) is 9.97 Å². The lowest BCUT2D eigenvalue weighted by atomic mass is 10.1. The predicted molar refractivity (Wildman–Crippen MR) is 49.0 cm³/mol. The summed E-state index contributed by atoms with van der Waals surface area (Å²) < 4.78 is 5.59. The van der Waals surface area contributed by atoms with Gasteiger partial charge in [-0.15, -0.1) is 0 Å². The van der Waals surface area contributed by atoms with E-state index in [0.29, 0.717) is 6.54 Å². The van der Waals surface area contributed by atoms with Gasteiger partial charge in [0.25, 0.3) is 0 Å². The van der Waals surface area contributed by atoms with Gasteiger partial charge in [-0.3, -0.25) is 0 Å². The number of hydrogen-bond donors (Lipinski definition) is 2. The minimum absolute atomic E-state index is 0.161. The first kappa shape index (κ1) is 8.72. The fourth-order valence-electron chi connectivity index (χ4n) is 1.60. The molecule has 1 aromatic heterocycles. The van der Waals surface area contributed by atoms with Gasteiger partial charge in [0.2, 0.25) is 0 Å². The van der Waals surface area contributed by atoms with Crippen molar-refractivity contribution in [1.82, 2.24) is 9.97 Å². The summed E-state index contributed by atoms with van der Waals surface area (Å²) in [5.41, 5.74) is 6.46. The molecule has 2 heterocycles. The van der Waals surface area contributed by atoms with Crippen molar-refractivity contribution in [3.63, 3.8) is 0 Å². The van der Waals surface area contributed by atoms with Gasteiger partial charge in [-0.25, -0.2) is 4.98 Å². The van der Waals surface area contributed by atoms with Crippen molar-refractivity contribution in [3.05, 3.63) is 17.7 Å². The zero-order valence-corrected chi connectivity index (χ0v) is 7.62. The van der Waals surface area contributed by atoms with E-state index in [1.807, 2.05) is 0 Å². The molecule has 1 saturated heterocycles. The summed E-state index contributed by atoms with van der Waals surface area (Å²) in [5.74, 6) is 0.931. The molecule has 0 bridgehead atoms. The maximum absolute atomic E-state index is 5.59. The Hall–Kier alpha value is -0.870. The van der Waals surface area contributed by atoms with E-state index in [4.69, 9.17) is 10.5 Å². The minimum Gasteiger partial charge on any atom is -0.370 e. The van der Waals surface area contributed by atoms with Crippen LogP contribution in [0.2, 0.25) is 0 Å². The maximum Gasteiger partial charge on any atom is 0.135 e. The summed E-state index contributed by atoms with van der Waals surface area (Å²) in [7, 11) is 0. The molecule has 1 unspecified atom stereocenters. The fraction of sp³-hybridized carbons (Fsp3) is 0.667. The van der Waals surface area contributed by atoms with Gasteiger partial charge in [-0.2, -0.15) is 0 Å². The van der Waals surface area contributed by atoms with Gasteiger partial charge in [0.1, 0.15) is 11.9 Å². The van der Waals surface area contributed by atoms with E-state index >= 15 is 0 Å². The highest BCUT2D eigenvalue weighted by Gasteiger charge is 2.18. The minimum atomic E-state index is 0.161. The lowest BCUT2D eigenvalue weighted by molar-refractivity contribution is 0.00990. The zero-order chi connectivity index (χ0) is 9.10. The molecular formula is C9H15N3O. The molecule has 2 rings (SSSR count). The highest BCUT2D eigenvalue weighted by molar-refractivity contribution is 5.03. The van der Waals surface area contributed by atoms with Gasteiger partial charge in [0.15, 0.2) is 0 Å². The topological polar surface area (TPSA) is 63.9 Å². The van der Waals surface area contributed by atoms with Gasteiger partial charge in [0, 0.05) is 25.0 Å². The Morgan fingerprint density at radius 1 is 1.62 bits per heavy atom. The third kappa shape index (κ3) is 1.89. The van der Waals surface area contributed by atoms with Crippen molar-refractivity contribution in [2.24, 2.45) is 5.73 Å². The van der Waals surface area contributed by atoms with Crippen molar-refractivity contribution < 1.29 is 4.74 Å². The molecule has 0 aliphatic carbocycles. The predicted octanol–water partition coefficient (Wildman–Crippen LogP) is 1.11. The van der Waals surface area contributed by atoms with Crippen molar-refractivity contribution >= 4 is 0 Å². The summed E-state index contributed by atoms with van der Waals surface area (Å²) in [6.07, 6.45) is 5.41. The molecule has 1 aliphatic heterocycles. The molecule has 0 spiro atoms. The Morgan fingerprint density at radius 2 is 2.54 bits per heavy atom. The molecule has 1 fully saturated rings. The van der Waals surface area contributed by atoms with Gasteiger partial charge < -0.3 is 15.5 Å². The number of hydrogen-bond acceptors (Lipinski definition) is 3. The van der Waals surface area contributed by atoms with Gasteiger partial charge >= 0.3 is 0 Å². The first-order chi connectivity index (χ1) is 6.40. The number of aromatic nitrogens is 2. The zero-order valence-electron chi connectivity index (χ0n) is 7.62. The Labute approximate surface area is 77.5 Å². The molecule has 0 radical (unpaired) electrons. The Balaban J connectivity index is 2.05. The van der Waals surface area contributed by atoms with Crippen LogP contribution in [0.3, 0.4) is 0 Å². The first-order valence-electron chi connectivity index (χ1n) is 4.75. The average molecular weight is 181 g/mol. The quantitative estimate of drug-likeness (QED) is 0.718. The van der Waals surface area contributed by atoms with E-state index in [0.717, 1.165) is 24.5 Å². The van der Waals surface area contributed by atoms with Gasteiger partial charge in [0.05, 0.1) is 0 Å². The van der Waals surface area contributed by atoms with E-state index in [1.165, 1.54) is 12.8 Å². The fourth-order valence-corrected chi connectivity index (χ4v) is 1.60. The lowest BCUT2D eigenvalue weighted by Crippen LogP contribution is -2.12. The van der Waals surface area contributed by atoms with E-state index in [9.17, 15) is 0 Å². The third-order valence-corrected chi connectivity index (χ3v) is 2.35. The monoisotopic (exact) mass is 181 g/mol. The number of ether oxygens (including phenoxy) is 1. The molecule has 1 aliphatic rings. The normalized spacial score (nSPS) is 23.3. The second kappa shape index (κ2) is 3.89. The standard InChI is InChI=1S/C9H15N3O/c10-5-7-6-11-9(12-7)8-3-1-2-4-13-8/h6,8H,1-5,10H2,(H,11,12). The molecule has 4 heteroatoms. The molecule has 3 N–H and O–H groups in total. The van der Waals surface area contributed by atoms with Crippen molar-refractivity contribution in [2.45, 2.75) is 31.9 Å². The molecule has 13 heavy (non-hydrogen) atoms. The molecular weight excluding hydrogens is 166 g/mol. The van der Waals surface area contributed by atoms with Gasteiger partial charge in [-0.1, -0.05) is 0 Å². The summed E-state index contributed by atoms with van der Waals surface area (Å²) in [6.45, 7) is 1.36. The molecule has 0 saturated carbocycles. The van der Waals surface area contributed by atoms with E-state index in [1.54, 1.807) is 6.20 Å². The highest BCUT2D eigenvalue weighted by Crippen LogP contribution is 2.25. The SMILES string of the molecule is NCc1cnc(C2CCCCO2)[nH]1. The van der Waals surface area contributed by atoms with Crippen LogP contribution in [-0.2, 0) is 11.3 Å². The van der Waals surface area contributed by atoms with Crippen molar-refractivity contribution in [2.75, 3.05) is 6.61 Å². The Kier molecular flexibility index (Phi) is 2.61. The highest BCUT2D eigenvalue weighted by atomic mass is 16.5. The molecule has 4 nitrogen and oxygen atoms in total. The van der Waals surface area contributed by atoms with Crippen LogP contribution in [0.1, 0.15) is 36.9 Å². The van der Waals surface area contributed by atoms with Crippen molar-refractivity contribution in [3.8, 4) is 0 Å². The summed E-state index contributed by atoms with van der Waals surface area (Å²) in [6, 6.07) is 0. The number of H-pyrrole nitrogens is 1. The smallest absolute Gasteiger partial charge is 0.135 e. The molecule has 1 atom stereocenters. The second-order valence-corrected chi connectivity index (χ2v) is 3.35. The Morgan fingerprint density at radius 3 is 3.15 bits per heavy atom. The number of nitrogens with one attached hydrogen (secondary N) is 1. The lowest BCUT2D eigenvalue weighted by Gasteiger charge is -2.20. The van der Waals surface area contributed by atoms with Crippen LogP contribution in [0.15, 0.2) is 6.20 Å². The van der Waals surface area contributed by atoms with Crippen LogP contribution in [0.4, 0.5) is 0 Å². The average Bonchev–Trinajstić information content (AvgIpc) is 2.67. The summed E-state index contributed by atoms with van der Waals surface area (Å²) >= 11 is 0. The van der Waals surface area contributed by atoms with Crippen LogP contribution >= 0.6 is 0 Å². The third-order valence-electron chi connectivity index (χ3n) is 2.35. The molecule has 0 aromatic carbocycles. The summed E-state index contributed by atoms with van der Waals surface area (Å²) in [5, 5.41) is 0. The van der Waals surface area contributed by atoms with Crippen LogP contribution in [0.25, 0.3) is 0 Å². The largest absolute Gasteiger partial charge is 0.370 e. The van der Waals surface area contributed by atoms with E-state index in [-0.39, 0.29) is 6.10 Å². The maximum atomic E-state index is 5.59. The number of imidazole rings is 1. The number of rotatable bonds is 2. The van der Waals surface area contributed by atoms with E-state index < -0.39 is 0 Å². The number of aromatic amines is 1. The van der Waals surface area contributed by atoms with Crippen LogP contribution in [-0.4, -0.2) is 16.6 Å². The second-order valence-electron chi connectivity index (χ2n) is 3.35. The molecule has 0 amide bonds. The molecule has 1 aromatic rings. The first-order valence-corrected chi connectivity index (χ1v) is 4.75. The number of nitrogens with two attached hydrogens (primary N) is 1.